The van der Waals surface area contributed by atoms with Gasteiger partial charge in [0.25, 0.3) is 0 Å². The lowest BCUT2D eigenvalue weighted by atomic mass is 9.74. The third-order valence-corrected chi connectivity index (χ3v) is 4.63. The minimum atomic E-state index is -0.370. The van der Waals surface area contributed by atoms with Gasteiger partial charge in [-0.15, -0.1) is 24.8 Å². The number of carbonyl (C=O) groups excluding carboxylic acids is 1. The molecular weight excluding hydrogens is 345 g/mol. The van der Waals surface area contributed by atoms with Crippen LogP contribution in [0.25, 0.3) is 0 Å². The van der Waals surface area contributed by atoms with Gasteiger partial charge in [0.05, 0.1) is 5.92 Å². The van der Waals surface area contributed by atoms with E-state index in [4.69, 9.17) is 5.73 Å². The molecule has 138 valence electrons. The van der Waals surface area contributed by atoms with Crippen LogP contribution in [0.1, 0.15) is 43.7 Å². The van der Waals surface area contributed by atoms with Gasteiger partial charge < -0.3 is 16.0 Å². The number of nitrogens with one attached hydrogen (secondary N) is 1. The predicted octanol–water partition coefficient (Wildman–Crippen LogP) is 3.12. The van der Waals surface area contributed by atoms with Crippen LogP contribution in [0, 0.1) is 5.92 Å². The van der Waals surface area contributed by atoms with Gasteiger partial charge >= 0.3 is 0 Å². The summed E-state index contributed by atoms with van der Waals surface area (Å²) in [5, 5.41) is 3.10. The van der Waals surface area contributed by atoms with E-state index < -0.39 is 0 Å². The quantitative estimate of drug-likeness (QED) is 0.830. The largest absolute Gasteiger partial charge is 0.352 e. The minimum absolute atomic E-state index is 0. The van der Waals surface area contributed by atoms with Crippen molar-refractivity contribution in [1.82, 2.24) is 10.2 Å². The van der Waals surface area contributed by atoms with Crippen molar-refractivity contribution in [2.75, 3.05) is 14.1 Å². The van der Waals surface area contributed by atoms with E-state index in [9.17, 15) is 4.79 Å². The van der Waals surface area contributed by atoms with Gasteiger partial charge in [-0.1, -0.05) is 37.1 Å². The highest BCUT2D eigenvalue weighted by molar-refractivity contribution is 5.85. The van der Waals surface area contributed by atoms with Gasteiger partial charge in [-0.3, -0.25) is 4.79 Å². The zero-order valence-corrected chi connectivity index (χ0v) is 16.5. The maximum atomic E-state index is 12.5. The van der Waals surface area contributed by atoms with Gasteiger partial charge in [-0.25, -0.2) is 0 Å². The Balaban J connectivity index is 0.00000264. The number of hydrogen-bond donors (Lipinski definition) is 2. The Morgan fingerprint density at radius 3 is 2.46 bits per heavy atom. The molecule has 2 atom stereocenters. The van der Waals surface area contributed by atoms with Crippen LogP contribution < -0.4 is 11.1 Å². The first-order valence-electron chi connectivity index (χ1n) is 8.18. The van der Waals surface area contributed by atoms with E-state index in [1.54, 1.807) is 0 Å². The molecule has 6 heteroatoms. The number of nitrogens with zero attached hydrogens (tertiary/aromatic N) is 1. The van der Waals surface area contributed by atoms with Crippen molar-refractivity contribution in [3.8, 4) is 0 Å². The highest BCUT2D eigenvalue weighted by Crippen LogP contribution is 2.31. The topological polar surface area (TPSA) is 58.4 Å². The van der Waals surface area contributed by atoms with Crippen molar-refractivity contribution in [3.05, 3.63) is 35.4 Å². The summed E-state index contributed by atoms with van der Waals surface area (Å²) < 4.78 is 0. The number of hydrogen-bond acceptors (Lipinski definition) is 3. The molecule has 1 aliphatic carbocycles. The standard InChI is InChI=1S/C18H29N3O.2ClH/c1-18(19)11-7-6-10-16(18)17(22)20-12-14-8-4-5-9-15(14)13-21(2)3;;/h4-5,8-9,16H,6-7,10-13,19H2,1-3H3,(H,20,22);2*1H. The summed E-state index contributed by atoms with van der Waals surface area (Å²) >= 11 is 0. The van der Waals surface area contributed by atoms with E-state index in [2.05, 4.69) is 36.4 Å². The first-order chi connectivity index (χ1) is 10.4. The second-order valence-electron chi connectivity index (χ2n) is 7.03. The van der Waals surface area contributed by atoms with Crippen molar-refractivity contribution in [1.29, 1.82) is 0 Å². The molecule has 0 aromatic heterocycles. The lowest BCUT2D eigenvalue weighted by Crippen LogP contribution is -2.52. The molecule has 3 N–H and O–H groups in total. The van der Waals surface area contributed by atoms with Crippen molar-refractivity contribution in [2.45, 2.75) is 51.2 Å². The van der Waals surface area contributed by atoms with E-state index in [1.165, 1.54) is 11.1 Å². The first-order valence-corrected chi connectivity index (χ1v) is 8.18. The maximum Gasteiger partial charge on any atom is 0.225 e. The predicted molar refractivity (Wildman–Crippen MR) is 105 cm³/mol. The Hall–Kier alpha value is -0.810. The van der Waals surface area contributed by atoms with Gasteiger partial charge in [0.1, 0.15) is 0 Å². The Morgan fingerprint density at radius 2 is 1.88 bits per heavy atom. The molecule has 24 heavy (non-hydrogen) atoms. The number of benzene rings is 1. The lowest BCUT2D eigenvalue weighted by molar-refractivity contribution is -0.128. The summed E-state index contributed by atoms with van der Waals surface area (Å²) in [7, 11) is 4.11. The van der Waals surface area contributed by atoms with E-state index >= 15 is 0 Å². The van der Waals surface area contributed by atoms with Crippen LogP contribution in [0.5, 0.6) is 0 Å². The van der Waals surface area contributed by atoms with Crippen LogP contribution in [0.3, 0.4) is 0 Å². The molecule has 4 nitrogen and oxygen atoms in total. The molecule has 1 saturated carbocycles. The smallest absolute Gasteiger partial charge is 0.225 e. The minimum Gasteiger partial charge on any atom is -0.352 e. The molecule has 2 rings (SSSR count). The average Bonchev–Trinajstić information content (AvgIpc) is 2.45. The van der Waals surface area contributed by atoms with Gasteiger partial charge in [-0.2, -0.15) is 0 Å². The molecule has 0 bridgehead atoms. The Kier molecular flexibility index (Phi) is 9.90. The fourth-order valence-electron chi connectivity index (χ4n) is 3.32. The fourth-order valence-corrected chi connectivity index (χ4v) is 3.32. The SMILES string of the molecule is CN(C)Cc1ccccc1CNC(=O)C1CCCCC1(C)N.Cl.Cl. The Labute approximate surface area is 158 Å². The molecule has 1 aliphatic rings. The Bertz CT molecular complexity index is 521. The zero-order valence-electron chi connectivity index (χ0n) is 14.9. The molecule has 2 unspecified atom stereocenters. The van der Waals surface area contributed by atoms with Gasteiger partial charge in [0.2, 0.25) is 5.91 Å². The summed E-state index contributed by atoms with van der Waals surface area (Å²) in [5.74, 6) is 0.0339. The summed E-state index contributed by atoms with van der Waals surface area (Å²) in [5.41, 5.74) is 8.39. The third-order valence-electron chi connectivity index (χ3n) is 4.63. The molecule has 0 spiro atoms. The molecule has 0 aliphatic heterocycles. The van der Waals surface area contributed by atoms with E-state index in [-0.39, 0.29) is 42.2 Å². The number of carbonyl (C=O) groups is 1. The van der Waals surface area contributed by atoms with Gasteiger partial charge in [0, 0.05) is 18.6 Å². The van der Waals surface area contributed by atoms with Gasteiger partial charge in [0.15, 0.2) is 0 Å². The summed E-state index contributed by atoms with van der Waals surface area (Å²) in [4.78, 5) is 14.7. The van der Waals surface area contributed by atoms with Crippen LogP contribution in [-0.2, 0) is 17.9 Å². The molecule has 0 radical (unpaired) electrons. The fraction of sp³-hybridized carbons (Fsp3) is 0.611. The average molecular weight is 376 g/mol. The first kappa shape index (κ1) is 23.2. The summed E-state index contributed by atoms with van der Waals surface area (Å²) in [6.07, 6.45) is 4.06. The summed E-state index contributed by atoms with van der Waals surface area (Å²) in [6, 6.07) is 8.27. The van der Waals surface area contributed by atoms with Crippen LogP contribution in [0.2, 0.25) is 0 Å². The van der Waals surface area contributed by atoms with E-state index in [0.717, 1.165) is 32.2 Å². The monoisotopic (exact) mass is 375 g/mol. The van der Waals surface area contributed by atoms with Crippen LogP contribution in [0.15, 0.2) is 24.3 Å². The molecule has 0 heterocycles. The summed E-state index contributed by atoms with van der Waals surface area (Å²) in [6.45, 7) is 3.47. The molecular formula is C18H31Cl2N3O. The molecule has 1 aromatic rings. The second kappa shape index (κ2) is 10.2. The van der Waals surface area contributed by atoms with Crippen molar-refractivity contribution in [2.24, 2.45) is 11.7 Å². The molecule has 1 aromatic carbocycles. The normalized spacial score (nSPS) is 23.1. The third kappa shape index (κ3) is 6.25. The number of nitrogens with two attached hydrogens (primary N) is 1. The van der Waals surface area contributed by atoms with E-state index in [1.807, 2.05) is 19.1 Å². The zero-order chi connectivity index (χ0) is 16.2. The molecule has 1 amide bonds. The van der Waals surface area contributed by atoms with Crippen molar-refractivity contribution < 1.29 is 4.79 Å². The van der Waals surface area contributed by atoms with Crippen molar-refractivity contribution in [3.63, 3.8) is 0 Å². The number of amides is 1. The van der Waals surface area contributed by atoms with Crippen molar-refractivity contribution >= 4 is 30.7 Å². The lowest BCUT2D eigenvalue weighted by Gasteiger charge is -2.37. The van der Waals surface area contributed by atoms with Gasteiger partial charge in [-0.05, 0) is 45.0 Å². The maximum absolute atomic E-state index is 12.5. The Morgan fingerprint density at radius 1 is 1.25 bits per heavy atom. The van der Waals surface area contributed by atoms with Crippen LogP contribution in [-0.4, -0.2) is 30.4 Å². The second-order valence-corrected chi connectivity index (χ2v) is 7.03. The number of rotatable bonds is 5. The molecule has 0 saturated heterocycles. The van der Waals surface area contributed by atoms with E-state index in [0.29, 0.717) is 6.54 Å². The van der Waals surface area contributed by atoms with Crippen LogP contribution in [0.4, 0.5) is 0 Å². The van der Waals surface area contributed by atoms with Crippen LogP contribution >= 0.6 is 24.8 Å². The highest BCUT2D eigenvalue weighted by Gasteiger charge is 2.37. The molecule has 1 fully saturated rings. The highest BCUT2D eigenvalue weighted by atomic mass is 35.5. The number of halogens is 2.